The SMILES string of the molecule is FC(F)c1cc(CCl)cc2ccccc12. The Kier molecular flexibility index (Phi) is 2.87. The van der Waals surface area contributed by atoms with Crippen LogP contribution in [0.1, 0.15) is 17.6 Å². The maximum Gasteiger partial charge on any atom is 0.264 e. The predicted octanol–water partition coefficient (Wildman–Crippen LogP) is 4.52. The first-order chi connectivity index (χ1) is 7.22. The van der Waals surface area contributed by atoms with E-state index in [0.29, 0.717) is 5.39 Å². The summed E-state index contributed by atoms with van der Waals surface area (Å²) in [7, 11) is 0. The first-order valence-electron chi connectivity index (χ1n) is 4.58. The van der Waals surface area contributed by atoms with E-state index in [9.17, 15) is 8.78 Å². The van der Waals surface area contributed by atoms with Crippen molar-refractivity contribution in [2.45, 2.75) is 12.3 Å². The van der Waals surface area contributed by atoms with Crippen LogP contribution in [0.25, 0.3) is 10.8 Å². The van der Waals surface area contributed by atoms with E-state index in [1.165, 1.54) is 6.07 Å². The zero-order valence-corrected chi connectivity index (χ0v) is 8.64. The smallest absolute Gasteiger partial charge is 0.205 e. The molecule has 0 heterocycles. The summed E-state index contributed by atoms with van der Waals surface area (Å²) in [5, 5.41) is 1.41. The van der Waals surface area contributed by atoms with Crippen molar-refractivity contribution in [3.05, 3.63) is 47.5 Å². The van der Waals surface area contributed by atoms with Gasteiger partial charge in [0.2, 0.25) is 0 Å². The van der Waals surface area contributed by atoms with Gasteiger partial charge in [0.15, 0.2) is 0 Å². The van der Waals surface area contributed by atoms with Gasteiger partial charge in [0, 0.05) is 11.4 Å². The molecule has 78 valence electrons. The molecule has 2 aromatic carbocycles. The van der Waals surface area contributed by atoms with Gasteiger partial charge in [-0.15, -0.1) is 11.6 Å². The van der Waals surface area contributed by atoms with Crippen molar-refractivity contribution in [3.63, 3.8) is 0 Å². The van der Waals surface area contributed by atoms with Gasteiger partial charge in [0.05, 0.1) is 0 Å². The van der Waals surface area contributed by atoms with E-state index in [2.05, 4.69) is 0 Å². The van der Waals surface area contributed by atoms with E-state index in [0.717, 1.165) is 10.9 Å². The van der Waals surface area contributed by atoms with Crippen LogP contribution in [0, 0.1) is 0 Å². The van der Waals surface area contributed by atoms with E-state index in [1.54, 1.807) is 12.1 Å². The Labute approximate surface area is 91.5 Å². The maximum absolute atomic E-state index is 12.8. The molecule has 0 atom stereocenters. The van der Waals surface area contributed by atoms with Crippen molar-refractivity contribution >= 4 is 22.4 Å². The van der Waals surface area contributed by atoms with Gasteiger partial charge in [-0.05, 0) is 28.5 Å². The highest BCUT2D eigenvalue weighted by atomic mass is 35.5. The molecular weight excluding hydrogens is 218 g/mol. The minimum absolute atomic E-state index is 0.0590. The topological polar surface area (TPSA) is 0 Å². The summed E-state index contributed by atoms with van der Waals surface area (Å²) in [6, 6.07) is 10.4. The van der Waals surface area contributed by atoms with Gasteiger partial charge in [-0.25, -0.2) is 8.78 Å². The molecule has 0 aliphatic heterocycles. The first kappa shape index (κ1) is 10.4. The van der Waals surface area contributed by atoms with E-state index >= 15 is 0 Å². The molecule has 0 aromatic heterocycles. The Hall–Kier alpha value is -1.15. The minimum Gasteiger partial charge on any atom is -0.205 e. The molecule has 0 amide bonds. The molecule has 0 saturated carbocycles. The van der Waals surface area contributed by atoms with Crippen LogP contribution in [-0.4, -0.2) is 0 Å². The molecule has 2 aromatic rings. The highest BCUT2D eigenvalue weighted by Gasteiger charge is 2.12. The highest BCUT2D eigenvalue weighted by molar-refractivity contribution is 6.17. The summed E-state index contributed by atoms with van der Waals surface area (Å²) in [6.07, 6.45) is -2.46. The molecule has 0 aliphatic rings. The summed E-state index contributed by atoms with van der Waals surface area (Å²) >= 11 is 5.66. The van der Waals surface area contributed by atoms with Crippen LogP contribution in [-0.2, 0) is 5.88 Å². The lowest BCUT2D eigenvalue weighted by Crippen LogP contribution is -1.90. The van der Waals surface area contributed by atoms with Crippen LogP contribution in [0.4, 0.5) is 8.78 Å². The molecule has 0 spiro atoms. The lowest BCUT2D eigenvalue weighted by molar-refractivity contribution is 0.153. The highest BCUT2D eigenvalue weighted by Crippen LogP contribution is 2.29. The van der Waals surface area contributed by atoms with Gasteiger partial charge < -0.3 is 0 Å². The molecule has 2 rings (SSSR count). The number of fused-ring (bicyclic) bond motifs is 1. The minimum atomic E-state index is -2.46. The number of halogens is 3. The second-order valence-corrected chi connectivity index (χ2v) is 3.61. The Balaban J connectivity index is 2.74. The Bertz CT molecular complexity index is 480. The number of benzene rings is 2. The summed E-state index contributed by atoms with van der Waals surface area (Å²) in [4.78, 5) is 0. The van der Waals surface area contributed by atoms with Crippen molar-refractivity contribution < 1.29 is 8.78 Å². The van der Waals surface area contributed by atoms with E-state index in [4.69, 9.17) is 11.6 Å². The zero-order valence-electron chi connectivity index (χ0n) is 7.88. The fraction of sp³-hybridized carbons (Fsp3) is 0.167. The standard InChI is InChI=1S/C12H9ClF2/c13-7-8-5-9-3-1-2-4-10(9)11(6-8)12(14)15/h1-6,12H,7H2. The Morgan fingerprint density at radius 3 is 2.53 bits per heavy atom. The summed E-state index contributed by atoms with van der Waals surface area (Å²) in [5.41, 5.74) is 0.786. The average molecular weight is 227 g/mol. The van der Waals surface area contributed by atoms with Gasteiger partial charge in [0.1, 0.15) is 0 Å². The molecule has 0 bridgehead atoms. The van der Waals surface area contributed by atoms with Crippen LogP contribution in [0.5, 0.6) is 0 Å². The predicted molar refractivity (Wildman–Crippen MR) is 58.5 cm³/mol. The molecule has 0 unspecified atom stereocenters. The van der Waals surface area contributed by atoms with Crippen molar-refractivity contribution in [1.82, 2.24) is 0 Å². The fourth-order valence-corrected chi connectivity index (χ4v) is 1.82. The fourth-order valence-electron chi connectivity index (χ4n) is 1.66. The molecule has 0 saturated heterocycles. The van der Waals surface area contributed by atoms with Crippen molar-refractivity contribution in [3.8, 4) is 0 Å². The van der Waals surface area contributed by atoms with Gasteiger partial charge in [-0.3, -0.25) is 0 Å². The van der Waals surface area contributed by atoms with Crippen molar-refractivity contribution in [2.75, 3.05) is 0 Å². The van der Waals surface area contributed by atoms with Crippen LogP contribution < -0.4 is 0 Å². The zero-order chi connectivity index (χ0) is 10.8. The van der Waals surface area contributed by atoms with Gasteiger partial charge in [-0.1, -0.05) is 24.3 Å². The van der Waals surface area contributed by atoms with E-state index in [1.807, 2.05) is 18.2 Å². The van der Waals surface area contributed by atoms with Crippen LogP contribution in [0.15, 0.2) is 36.4 Å². The molecule has 0 N–H and O–H groups in total. The van der Waals surface area contributed by atoms with Crippen LogP contribution in [0.3, 0.4) is 0 Å². The third kappa shape index (κ3) is 1.95. The van der Waals surface area contributed by atoms with Gasteiger partial charge >= 0.3 is 0 Å². The molecule has 0 radical (unpaired) electrons. The maximum atomic E-state index is 12.8. The van der Waals surface area contributed by atoms with Gasteiger partial charge in [0.25, 0.3) is 6.43 Å². The molecule has 0 fully saturated rings. The molecule has 0 nitrogen and oxygen atoms in total. The number of hydrogen-bond donors (Lipinski definition) is 0. The second kappa shape index (κ2) is 4.15. The van der Waals surface area contributed by atoms with Gasteiger partial charge in [-0.2, -0.15) is 0 Å². The van der Waals surface area contributed by atoms with E-state index < -0.39 is 6.43 Å². The Morgan fingerprint density at radius 1 is 1.13 bits per heavy atom. The molecule has 0 aliphatic carbocycles. The molecule has 15 heavy (non-hydrogen) atoms. The summed E-state index contributed by atoms with van der Waals surface area (Å²) in [5.74, 6) is 0.255. The summed E-state index contributed by atoms with van der Waals surface area (Å²) < 4.78 is 25.5. The first-order valence-corrected chi connectivity index (χ1v) is 5.11. The summed E-state index contributed by atoms with van der Waals surface area (Å²) in [6.45, 7) is 0. The van der Waals surface area contributed by atoms with E-state index in [-0.39, 0.29) is 11.4 Å². The third-order valence-electron chi connectivity index (χ3n) is 2.34. The number of alkyl halides is 3. The number of hydrogen-bond acceptors (Lipinski definition) is 0. The van der Waals surface area contributed by atoms with Crippen molar-refractivity contribution in [1.29, 1.82) is 0 Å². The molecular formula is C12H9ClF2. The number of rotatable bonds is 2. The monoisotopic (exact) mass is 226 g/mol. The molecule has 3 heteroatoms. The van der Waals surface area contributed by atoms with Crippen LogP contribution in [0.2, 0.25) is 0 Å². The lowest BCUT2D eigenvalue weighted by Gasteiger charge is -2.07. The lowest BCUT2D eigenvalue weighted by atomic mass is 10.0. The normalized spacial score (nSPS) is 11.2. The second-order valence-electron chi connectivity index (χ2n) is 3.34. The van der Waals surface area contributed by atoms with Crippen LogP contribution >= 0.6 is 11.6 Å². The third-order valence-corrected chi connectivity index (χ3v) is 2.65. The van der Waals surface area contributed by atoms with Crippen molar-refractivity contribution in [2.24, 2.45) is 0 Å². The largest absolute Gasteiger partial charge is 0.264 e. The quantitative estimate of drug-likeness (QED) is 0.661. The Morgan fingerprint density at radius 2 is 1.87 bits per heavy atom. The average Bonchev–Trinajstić information content (AvgIpc) is 2.27.